The fraction of sp³-hybridized carbons (Fsp3) is 0.167. The molecule has 0 saturated heterocycles. The number of hydrogen-bond donors (Lipinski definition) is 2. The molecule has 3 rings (SSSR count). The monoisotopic (exact) mass is 466 g/mol. The first-order chi connectivity index (χ1) is 14.5. The molecule has 2 amide bonds. The second-order valence-electron chi connectivity index (χ2n) is 6.85. The first kappa shape index (κ1) is 21.6. The van der Waals surface area contributed by atoms with Crippen molar-refractivity contribution >= 4 is 39.1 Å². The molecule has 6 heteroatoms. The zero-order valence-electron chi connectivity index (χ0n) is 16.9. The van der Waals surface area contributed by atoms with Gasteiger partial charge < -0.3 is 15.4 Å². The minimum absolute atomic E-state index is 0.244. The molecule has 3 aromatic carbocycles. The maximum Gasteiger partial charge on any atom is 0.259 e. The number of anilines is 2. The second-order valence-corrected chi connectivity index (χ2v) is 7.76. The molecule has 30 heavy (non-hydrogen) atoms. The fourth-order valence-corrected chi connectivity index (χ4v) is 3.24. The smallest absolute Gasteiger partial charge is 0.259 e. The highest BCUT2D eigenvalue weighted by Gasteiger charge is 2.15. The summed E-state index contributed by atoms with van der Waals surface area (Å²) in [7, 11) is 0. The standard InChI is InChI=1S/C24H23BrN2O3/c1-3-12-30-22-11-10-18(25)15-21(22)24(29)27-20-9-5-7-17(14-20)23(28)26-19-8-4-6-16(2)13-19/h4-11,13-15H,3,12H2,1-2H3,(H,26,28)(H,27,29). The quantitative estimate of drug-likeness (QED) is 0.445. The van der Waals surface area contributed by atoms with Gasteiger partial charge in [-0.3, -0.25) is 9.59 Å². The van der Waals surface area contributed by atoms with E-state index in [2.05, 4.69) is 26.6 Å². The van der Waals surface area contributed by atoms with Crippen LogP contribution < -0.4 is 15.4 Å². The van der Waals surface area contributed by atoms with Crippen molar-refractivity contribution in [2.24, 2.45) is 0 Å². The summed E-state index contributed by atoms with van der Waals surface area (Å²) < 4.78 is 6.47. The van der Waals surface area contributed by atoms with Crippen LogP contribution in [0.4, 0.5) is 11.4 Å². The topological polar surface area (TPSA) is 67.4 Å². The van der Waals surface area contributed by atoms with Crippen LogP contribution >= 0.6 is 15.9 Å². The van der Waals surface area contributed by atoms with Crippen molar-refractivity contribution in [2.75, 3.05) is 17.2 Å². The van der Waals surface area contributed by atoms with E-state index in [-0.39, 0.29) is 11.8 Å². The Kier molecular flexibility index (Phi) is 7.25. The van der Waals surface area contributed by atoms with E-state index >= 15 is 0 Å². The lowest BCUT2D eigenvalue weighted by Crippen LogP contribution is -2.16. The molecule has 0 aliphatic rings. The van der Waals surface area contributed by atoms with Crippen LogP contribution in [0.3, 0.4) is 0 Å². The van der Waals surface area contributed by atoms with Crippen LogP contribution in [-0.4, -0.2) is 18.4 Å². The predicted molar refractivity (Wildman–Crippen MR) is 123 cm³/mol. The molecule has 5 nitrogen and oxygen atoms in total. The Morgan fingerprint density at radius 2 is 1.60 bits per heavy atom. The summed E-state index contributed by atoms with van der Waals surface area (Å²) >= 11 is 3.40. The minimum Gasteiger partial charge on any atom is -0.493 e. The van der Waals surface area contributed by atoms with Crippen LogP contribution in [0.2, 0.25) is 0 Å². The molecular weight excluding hydrogens is 444 g/mol. The van der Waals surface area contributed by atoms with Crippen molar-refractivity contribution in [1.29, 1.82) is 0 Å². The Balaban J connectivity index is 1.76. The van der Waals surface area contributed by atoms with E-state index in [4.69, 9.17) is 4.74 Å². The molecule has 154 valence electrons. The third-order valence-corrected chi connectivity index (χ3v) is 4.80. The van der Waals surface area contributed by atoms with Gasteiger partial charge in [-0.25, -0.2) is 0 Å². The summed E-state index contributed by atoms with van der Waals surface area (Å²) in [6, 6.07) is 19.7. The number of amides is 2. The maximum absolute atomic E-state index is 12.8. The predicted octanol–water partition coefficient (Wildman–Crippen LogP) is 6.05. The lowest BCUT2D eigenvalue weighted by atomic mass is 10.1. The van der Waals surface area contributed by atoms with Crippen molar-refractivity contribution in [2.45, 2.75) is 20.3 Å². The minimum atomic E-state index is -0.307. The normalized spacial score (nSPS) is 10.4. The number of halogens is 1. The van der Waals surface area contributed by atoms with Crippen molar-refractivity contribution in [3.63, 3.8) is 0 Å². The summed E-state index contributed by atoms with van der Waals surface area (Å²) in [5, 5.41) is 5.72. The Labute approximate surface area is 184 Å². The van der Waals surface area contributed by atoms with Crippen LogP contribution in [0.1, 0.15) is 39.6 Å². The number of rotatable bonds is 7. The highest BCUT2D eigenvalue weighted by Crippen LogP contribution is 2.25. The molecule has 0 saturated carbocycles. The van der Waals surface area contributed by atoms with Gasteiger partial charge in [0.2, 0.25) is 0 Å². The molecule has 0 aliphatic carbocycles. The van der Waals surface area contributed by atoms with Crippen LogP contribution in [0.25, 0.3) is 0 Å². The lowest BCUT2D eigenvalue weighted by Gasteiger charge is -2.12. The molecule has 0 unspecified atom stereocenters. The van der Waals surface area contributed by atoms with E-state index in [1.165, 1.54) is 0 Å². The molecule has 0 atom stereocenters. The van der Waals surface area contributed by atoms with E-state index in [0.29, 0.717) is 29.2 Å². The Hall–Kier alpha value is -3.12. The first-order valence-corrected chi connectivity index (χ1v) is 10.5. The van der Waals surface area contributed by atoms with Gasteiger partial charge in [-0.1, -0.05) is 41.1 Å². The highest BCUT2D eigenvalue weighted by molar-refractivity contribution is 9.10. The summed E-state index contributed by atoms with van der Waals surface area (Å²) in [6.07, 6.45) is 0.842. The lowest BCUT2D eigenvalue weighted by molar-refractivity contribution is 0.101. The molecule has 0 radical (unpaired) electrons. The zero-order valence-corrected chi connectivity index (χ0v) is 18.5. The number of aryl methyl sites for hydroxylation is 1. The summed E-state index contributed by atoms with van der Waals surface area (Å²) in [5.74, 6) is -0.0318. The van der Waals surface area contributed by atoms with Gasteiger partial charge >= 0.3 is 0 Å². The molecule has 0 bridgehead atoms. The van der Waals surface area contributed by atoms with Crippen LogP contribution in [-0.2, 0) is 0 Å². The average Bonchev–Trinajstić information content (AvgIpc) is 2.73. The largest absolute Gasteiger partial charge is 0.493 e. The second kappa shape index (κ2) is 10.1. The van der Waals surface area contributed by atoms with Gasteiger partial charge in [-0.2, -0.15) is 0 Å². The van der Waals surface area contributed by atoms with Crippen molar-refractivity contribution in [3.05, 3.63) is 87.9 Å². The van der Waals surface area contributed by atoms with Gasteiger partial charge in [0.25, 0.3) is 11.8 Å². The first-order valence-electron chi connectivity index (χ1n) is 9.68. The van der Waals surface area contributed by atoms with Gasteiger partial charge in [0.05, 0.1) is 12.2 Å². The molecule has 0 spiro atoms. The number of nitrogens with one attached hydrogen (secondary N) is 2. The van der Waals surface area contributed by atoms with Crippen LogP contribution in [0, 0.1) is 6.92 Å². The molecule has 0 aliphatic heterocycles. The van der Waals surface area contributed by atoms with Crippen molar-refractivity contribution in [1.82, 2.24) is 0 Å². The highest BCUT2D eigenvalue weighted by atomic mass is 79.9. The molecular formula is C24H23BrN2O3. The van der Waals surface area contributed by atoms with Crippen molar-refractivity contribution in [3.8, 4) is 5.75 Å². The van der Waals surface area contributed by atoms with Crippen molar-refractivity contribution < 1.29 is 14.3 Å². The van der Waals surface area contributed by atoms with E-state index < -0.39 is 0 Å². The fourth-order valence-electron chi connectivity index (χ4n) is 2.88. The number of carbonyl (C=O) groups excluding carboxylic acids is 2. The van der Waals surface area contributed by atoms with E-state index in [1.54, 1.807) is 36.4 Å². The number of hydrogen-bond acceptors (Lipinski definition) is 3. The van der Waals surface area contributed by atoms with Gasteiger partial charge in [-0.15, -0.1) is 0 Å². The van der Waals surface area contributed by atoms with E-state index in [9.17, 15) is 9.59 Å². The molecule has 0 heterocycles. The van der Waals surface area contributed by atoms with Gasteiger partial charge in [-0.05, 0) is 67.4 Å². The molecule has 3 aromatic rings. The van der Waals surface area contributed by atoms with Gasteiger partial charge in [0.1, 0.15) is 5.75 Å². The Bertz CT molecular complexity index is 1070. The van der Waals surface area contributed by atoms with Gasteiger partial charge in [0.15, 0.2) is 0 Å². The van der Waals surface area contributed by atoms with Gasteiger partial charge in [0, 0.05) is 21.4 Å². The molecule has 2 N–H and O–H groups in total. The molecule has 0 aromatic heterocycles. The summed E-state index contributed by atoms with van der Waals surface area (Å²) in [6.45, 7) is 4.49. The third kappa shape index (κ3) is 5.70. The Morgan fingerprint density at radius 3 is 2.33 bits per heavy atom. The SMILES string of the molecule is CCCOc1ccc(Br)cc1C(=O)Nc1cccc(C(=O)Nc2cccc(C)c2)c1. The van der Waals surface area contributed by atoms with E-state index in [0.717, 1.165) is 22.1 Å². The summed E-state index contributed by atoms with van der Waals surface area (Å²) in [5.41, 5.74) is 3.18. The number of ether oxygens (including phenoxy) is 1. The summed E-state index contributed by atoms with van der Waals surface area (Å²) in [4.78, 5) is 25.4. The number of benzene rings is 3. The zero-order chi connectivity index (χ0) is 21.5. The average molecular weight is 467 g/mol. The third-order valence-electron chi connectivity index (χ3n) is 4.31. The van der Waals surface area contributed by atoms with Crippen LogP contribution in [0.5, 0.6) is 5.75 Å². The molecule has 0 fully saturated rings. The Morgan fingerprint density at radius 1 is 0.900 bits per heavy atom. The van der Waals surface area contributed by atoms with E-state index in [1.807, 2.05) is 44.2 Å². The number of carbonyl (C=O) groups is 2. The van der Waals surface area contributed by atoms with Crippen LogP contribution in [0.15, 0.2) is 71.2 Å². The maximum atomic E-state index is 12.8.